The van der Waals surface area contributed by atoms with Crippen LogP contribution < -0.4 is 5.32 Å². The third kappa shape index (κ3) is 2.33. The molecule has 18 heavy (non-hydrogen) atoms. The van der Waals surface area contributed by atoms with Crippen LogP contribution in [0.15, 0.2) is 29.0 Å². The number of aromatic nitrogens is 2. The molecule has 1 N–H and O–H groups in total. The second kappa shape index (κ2) is 5.39. The average Bonchev–Trinajstić information content (AvgIpc) is 2.37. The summed E-state index contributed by atoms with van der Waals surface area (Å²) in [7, 11) is 0. The molecular weight excluding hydrogens is 304 g/mol. The monoisotopic (exact) mass is 313 g/mol. The van der Waals surface area contributed by atoms with Gasteiger partial charge in [0.15, 0.2) is 5.82 Å². The van der Waals surface area contributed by atoms with Gasteiger partial charge in [-0.05, 0) is 35.0 Å². The SMILES string of the molecule is CCNc1nccnc1-c1c(F)ccc(Br)c1F. The summed E-state index contributed by atoms with van der Waals surface area (Å²) in [5.74, 6) is -0.999. The molecule has 2 rings (SSSR count). The molecule has 1 aromatic carbocycles. The first-order valence-electron chi connectivity index (χ1n) is 5.34. The van der Waals surface area contributed by atoms with Crippen molar-refractivity contribution in [1.82, 2.24) is 9.97 Å². The minimum absolute atomic E-state index is 0.163. The summed E-state index contributed by atoms with van der Waals surface area (Å²) in [5, 5.41) is 2.93. The van der Waals surface area contributed by atoms with Crippen LogP contribution in [0.3, 0.4) is 0 Å². The molecule has 0 atom stereocenters. The Hall–Kier alpha value is -1.56. The van der Waals surface area contributed by atoms with E-state index in [9.17, 15) is 8.78 Å². The Balaban J connectivity index is 2.65. The van der Waals surface area contributed by atoms with Crippen molar-refractivity contribution in [1.29, 1.82) is 0 Å². The molecule has 0 saturated carbocycles. The highest BCUT2D eigenvalue weighted by Crippen LogP contribution is 2.32. The smallest absolute Gasteiger partial charge is 0.152 e. The molecule has 0 unspecified atom stereocenters. The maximum atomic E-state index is 14.0. The first-order chi connectivity index (χ1) is 8.65. The van der Waals surface area contributed by atoms with Crippen molar-refractivity contribution in [3.63, 3.8) is 0 Å². The highest BCUT2D eigenvalue weighted by atomic mass is 79.9. The molecule has 0 fully saturated rings. The Bertz CT molecular complexity index is 575. The third-order valence-corrected chi connectivity index (χ3v) is 2.94. The normalized spacial score (nSPS) is 10.4. The topological polar surface area (TPSA) is 37.8 Å². The van der Waals surface area contributed by atoms with Gasteiger partial charge in [-0.3, -0.25) is 4.98 Å². The van der Waals surface area contributed by atoms with E-state index in [1.54, 1.807) is 0 Å². The zero-order chi connectivity index (χ0) is 13.1. The van der Waals surface area contributed by atoms with Crippen LogP contribution in [0.5, 0.6) is 0 Å². The summed E-state index contributed by atoms with van der Waals surface area (Å²) < 4.78 is 28.0. The molecule has 6 heteroatoms. The molecule has 2 aromatic rings. The molecule has 0 radical (unpaired) electrons. The van der Waals surface area contributed by atoms with Gasteiger partial charge in [0.1, 0.15) is 17.3 Å². The average molecular weight is 314 g/mol. The van der Waals surface area contributed by atoms with Gasteiger partial charge in [0, 0.05) is 18.9 Å². The third-order valence-electron chi connectivity index (χ3n) is 2.32. The van der Waals surface area contributed by atoms with Crippen LogP contribution in [0.4, 0.5) is 14.6 Å². The molecule has 3 nitrogen and oxygen atoms in total. The second-order valence-electron chi connectivity index (χ2n) is 3.50. The van der Waals surface area contributed by atoms with Gasteiger partial charge in [0.2, 0.25) is 0 Å². The summed E-state index contributed by atoms with van der Waals surface area (Å²) in [5.41, 5.74) is -0.0240. The van der Waals surface area contributed by atoms with Gasteiger partial charge in [-0.1, -0.05) is 0 Å². The first kappa shape index (κ1) is 12.9. The lowest BCUT2D eigenvalue weighted by molar-refractivity contribution is 0.584. The molecule has 0 amide bonds. The summed E-state index contributed by atoms with van der Waals surface area (Å²) in [6, 6.07) is 2.50. The van der Waals surface area contributed by atoms with E-state index in [1.165, 1.54) is 24.5 Å². The predicted octanol–water partition coefficient (Wildman–Crippen LogP) is 3.62. The molecule has 0 saturated heterocycles. The molecule has 1 heterocycles. The van der Waals surface area contributed by atoms with Gasteiger partial charge < -0.3 is 5.32 Å². The second-order valence-corrected chi connectivity index (χ2v) is 4.36. The van der Waals surface area contributed by atoms with E-state index in [2.05, 4.69) is 31.2 Å². The minimum Gasteiger partial charge on any atom is -0.369 e. The predicted molar refractivity (Wildman–Crippen MR) is 69.2 cm³/mol. The van der Waals surface area contributed by atoms with E-state index in [-0.39, 0.29) is 15.7 Å². The Morgan fingerprint density at radius 2 is 1.94 bits per heavy atom. The van der Waals surface area contributed by atoms with Crippen LogP contribution >= 0.6 is 15.9 Å². The quantitative estimate of drug-likeness (QED) is 0.880. The van der Waals surface area contributed by atoms with E-state index in [0.29, 0.717) is 12.4 Å². The molecule has 94 valence electrons. The Morgan fingerprint density at radius 1 is 1.22 bits per heavy atom. The van der Waals surface area contributed by atoms with E-state index >= 15 is 0 Å². The van der Waals surface area contributed by atoms with E-state index in [1.807, 2.05) is 6.92 Å². The van der Waals surface area contributed by atoms with Crippen LogP contribution in [0.2, 0.25) is 0 Å². The van der Waals surface area contributed by atoms with Crippen molar-refractivity contribution < 1.29 is 8.78 Å². The molecular formula is C12H10BrF2N3. The lowest BCUT2D eigenvalue weighted by Gasteiger charge is -2.10. The molecule has 0 bridgehead atoms. The van der Waals surface area contributed by atoms with E-state index in [0.717, 1.165) is 0 Å². The van der Waals surface area contributed by atoms with E-state index < -0.39 is 11.6 Å². The van der Waals surface area contributed by atoms with E-state index in [4.69, 9.17) is 0 Å². The summed E-state index contributed by atoms with van der Waals surface area (Å²) in [6.45, 7) is 2.45. The molecule has 0 aliphatic heterocycles. The van der Waals surface area contributed by atoms with Crippen LogP contribution in [0.1, 0.15) is 6.92 Å². The van der Waals surface area contributed by atoms with Crippen molar-refractivity contribution >= 4 is 21.7 Å². The summed E-state index contributed by atoms with van der Waals surface area (Å²) >= 11 is 3.03. The maximum Gasteiger partial charge on any atom is 0.152 e. The number of hydrogen-bond acceptors (Lipinski definition) is 3. The highest BCUT2D eigenvalue weighted by molar-refractivity contribution is 9.10. The number of benzene rings is 1. The highest BCUT2D eigenvalue weighted by Gasteiger charge is 2.18. The van der Waals surface area contributed by atoms with Crippen molar-refractivity contribution in [2.75, 3.05) is 11.9 Å². The Labute approximate surface area is 111 Å². The number of halogens is 3. The fourth-order valence-corrected chi connectivity index (χ4v) is 1.89. The van der Waals surface area contributed by atoms with Gasteiger partial charge in [0.05, 0.1) is 10.0 Å². The summed E-state index contributed by atoms with van der Waals surface area (Å²) in [6.07, 6.45) is 2.87. The number of nitrogens with zero attached hydrogens (tertiary/aromatic N) is 2. The van der Waals surface area contributed by atoms with Gasteiger partial charge in [0.25, 0.3) is 0 Å². The Kier molecular flexibility index (Phi) is 3.86. The summed E-state index contributed by atoms with van der Waals surface area (Å²) in [4.78, 5) is 8.04. The number of anilines is 1. The van der Waals surface area contributed by atoms with Crippen LogP contribution in [0.25, 0.3) is 11.3 Å². The van der Waals surface area contributed by atoms with Crippen molar-refractivity contribution in [3.05, 3.63) is 40.6 Å². The zero-order valence-electron chi connectivity index (χ0n) is 9.54. The lowest BCUT2D eigenvalue weighted by atomic mass is 10.1. The number of hydrogen-bond donors (Lipinski definition) is 1. The molecule has 1 aromatic heterocycles. The molecule has 0 aliphatic carbocycles. The lowest BCUT2D eigenvalue weighted by Crippen LogP contribution is -2.04. The van der Waals surface area contributed by atoms with Crippen LogP contribution in [0, 0.1) is 11.6 Å². The van der Waals surface area contributed by atoms with Crippen molar-refractivity contribution in [2.45, 2.75) is 6.92 Å². The van der Waals surface area contributed by atoms with Gasteiger partial charge >= 0.3 is 0 Å². The van der Waals surface area contributed by atoms with Gasteiger partial charge in [-0.25, -0.2) is 13.8 Å². The first-order valence-corrected chi connectivity index (χ1v) is 6.13. The van der Waals surface area contributed by atoms with Gasteiger partial charge in [-0.2, -0.15) is 0 Å². The largest absolute Gasteiger partial charge is 0.369 e. The van der Waals surface area contributed by atoms with Crippen LogP contribution in [-0.4, -0.2) is 16.5 Å². The fraction of sp³-hybridized carbons (Fsp3) is 0.167. The van der Waals surface area contributed by atoms with Crippen LogP contribution in [-0.2, 0) is 0 Å². The number of rotatable bonds is 3. The minimum atomic E-state index is -0.686. The molecule has 0 aliphatic rings. The fourth-order valence-electron chi connectivity index (χ4n) is 1.56. The number of nitrogens with one attached hydrogen (secondary N) is 1. The molecule has 0 spiro atoms. The standard InChI is InChI=1S/C12H10BrF2N3/c1-2-16-12-11(17-5-6-18-12)9-8(14)4-3-7(13)10(9)15/h3-6H,2H2,1H3,(H,16,18). The Morgan fingerprint density at radius 3 is 2.67 bits per heavy atom. The van der Waals surface area contributed by atoms with Gasteiger partial charge in [-0.15, -0.1) is 0 Å². The zero-order valence-corrected chi connectivity index (χ0v) is 11.1. The van der Waals surface area contributed by atoms with Crippen molar-refractivity contribution in [2.24, 2.45) is 0 Å². The maximum absolute atomic E-state index is 14.0. The van der Waals surface area contributed by atoms with Crippen molar-refractivity contribution in [3.8, 4) is 11.3 Å².